The van der Waals surface area contributed by atoms with Crippen molar-refractivity contribution in [2.24, 2.45) is 5.92 Å². The Balaban J connectivity index is 1.28. The Morgan fingerprint density at radius 2 is 1.26 bits per heavy atom. The topological polar surface area (TPSA) is 104 Å². The number of carbonyl (C=O) groups excluding carboxylic acids is 1. The lowest BCUT2D eigenvalue weighted by Gasteiger charge is -2.30. The average Bonchev–Trinajstić information content (AvgIpc) is 3.39. The fraction of sp³-hybridized carbons (Fsp3) is 0.435. The summed E-state index contributed by atoms with van der Waals surface area (Å²) >= 11 is 0. The lowest BCUT2D eigenvalue weighted by molar-refractivity contribution is -0.126. The Morgan fingerprint density at radius 3 is 1.79 bits per heavy atom. The monoisotopic (exact) mass is 509 g/mol. The van der Waals surface area contributed by atoms with Gasteiger partial charge < -0.3 is 5.32 Å². The molecule has 184 valence electrons. The maximum absolute atomic E-state index is 13.1. The zero-order valence-corrected chi connectivity index (χ0v) is 20.3. The van der Waals surface area contributed by atoms with Crippen molar-refractivity contribution < 1.29 is 26.0 Å². The first-order valence-electron chi connectivity index (χ1n) is 11.3. The molecule has 1 amide bonds. The molecule has 2 saturated heterocycles. The normalized spacial score (nSPS) is 18.7. The fourth-order valence-corrected chi connectivity index (χ4v) is 7.29. The molecule has 2 aromatic carbocycles. The standard InChI is InChI=1S/C23H28FN3O5S2/c24-20-5-9-22(10-6-20)34(31,32)27-15-11-19(12-16-27)23(28)25-17-18-3-7-21(8-4-18)33(29,30)26-13-1-2-14-26/h3-10,19H,1-2,11-17H2,(H,25,28). The molecule has 0 radical (unpaired) electrons. The molecule has 2 heterocycles. The molecular weight excluding hydrogens is 481 g/mol. The summed E-state index contributed by atoms with van der Waals surface area (Å²) in [7, 11) is -7.19. The van der Waals surface area contributed by atoms with Gasteiger partial charge in [-0.2, -0.15) is 8.61 Å². The Hall–Kier alpha value is -2.34. The van der Waals surface area contributed by atoms with Crippen molar-refractivity contribution in [1.29, 1.82) is 0 Å². The second-order valence-electron chi connectivity index (χ2n) is 8.61. The summed E-state index contributed by atoms with van der Waals surface area (Å²) < 4.78 is 66.6. The Kier molecular flexibility index (Phi) is 7.36. The summed E-state index contributed by atoms with van der Waals surface area (Å²) in [6.45, 7) is 1.77. The molecule has 2 aliphatic heterocycles. The van der Waals surface area contributed by atoms with Crippen LogP contribution in [0.15, 0.2) is 58.3 Å². The Bertz CT molecular complexity index is 1220. The highest BCUT2D eigenvalue weighted by molar-refractivity contribution is 7.89. The quantitative estimate of drug-likeness (QED) is 0.617. The van der Waals surface area contributed by atoms with Crippen LogP contribution in [0.4, 0.5) is 4.39 Å². The molecule has 4 rings (SSSR count). The first-order valence-corrected chi connectivity index (χ1v) is 14.2. The minimum Gasteiger partial charge on any atom is -0.352 e. The van der Waals surface area contributed by atoms with Crippen LogP contribution in [0.1, 0.15) is 31.2 Å². The molecule has 0 aromatic heterocycles. The summed E-state index contributed by atoms with van der Waals surface area (Å²) in [5.74, 6) is -0.973. The second-order valence-corrected chi connectivity index (χ2v) is 12.5. The molecule has 11 heteroatoms. The summed E-state index contributed by atoms with van der Waals surface area (Å²) in [4.78, 5) is 12.9. The minimum absolute atomic E-state index is 0.0343. The van der Waals surface area contributed by atoms with E-state index in [0.29, 0.717) is 25.9 Å². The number of nitrogens with zero attached hydrogens (tertiary/aromatic N) is 2. The van der Waals surface area contributed by atoms with E-state index in [1.807, 2.05) is 0 Å². The molecule has 0 unspecified atom stereocenters. The van der Waals surface area contributed by atoms with Gasteiger partial charge in [0.2, 0.25) is 26.0 Å². The van der Waals surface area contributed by atoms with Crippen molar-refractivity contribution in [2.45, 2.75) is 42.0 Å². The number of nitrogens with one attached hydrogen (secondary N) is 1. The first kappa shape index (κ1) is 24.8. The van der Waals surface area contributed by atoms with Gasteiger partial charge in [-0.1, -0.05) is 12.1 Å². The molecule has 0 aliphatic carbocycles. The average molecular weight is 510 g/mol. The third-order valence-electron chi connectivity index (χ3n) is 6.37. The van der Waals surface area contributed by atoms with Crippen molar-refractivity contribution in [2.75, 3.05) is 26.2 Å². The van der Waals surface area contributed by atoms with E-state index in [0.717, 1.165) is 30.5 Å². The molecule has 1 N–H and O–H groups in total. The highest BCUT2D eigenvalue weighted by Crippen LogP contribution is 2.25. The van der Waals surface area contributed by atoms with E-state index in [2.05, 4.69) is 5.32 Å². The molecule has 0 spiro atoms. The molecule has 0 atom stereocenters. The molecule has 2 aliphatic rings. The number of benzene rings is 2. The third kappa shape index (κ3) is 5.32. The van der Waals surface area contributed by atoms with E-state index in [1.54, 1.807) is 24.3 Å². The summed E-state index contributed by atoms with van der Waals surface area (Å²) in [5.41, 5.74) is 0.782. The van der Waals surface area contributed by atoms with Crippen molar-refractivity contribution in [3.8, 4) is 0 Å². The predicted octanol–water partition coefficient (Wildman–Crippen LogP) is 2.33. The van der Waals surface area contributed by atoms with E-state index in [1.165, 1.54) is 20.7 Å². The predicted molar refractivity (Wildman–Crippen MR) is 124 cm³/mol. The van der Waals surface area contributed by atoms with Gasteiger partial charge in [-0.3, -0.25) is 4.79 Å². The van der Waals surface area contributed by atoms with Gasteiger partial charge in [0.05, 0.1) is 9.79 Å². The number of sulfonamides is 2. The molecule has 8 nitrogen and oxygen atoms in total. The van der Waals surface area contributed by atoms with Crippen LogP contribution in [0.2, 0.25) is 0 Å². The van der Waals surface area contributed by atoms with Crippen LogP contribution < -0.4 is 5.32 Å². The van der Waals surface area contributed by atoms with Crippen molar-refractivity contribution in [1.82, 2.24) is 13.9 Å². The van der Waals surface area contributed by atoms with Gasteiger partial charge >= 0.3 is 0 Å². The van der Waals surface area contributed by atoms with Gasteiger partial charge in [0.15, 0.2) is 0 Å². The SMILES string of the molecule is O=C(NCc1ccc(S(=O)(=O)N2CCCC2)cc1)C1CCN(S(=O)(=O)c2ccc(F)cc2)CC1. The molecule has 2 aromatic rings. The van der Waals surface area contributed by atoms with E-state index in [4.69, 9.17) is 0 Å². The van der Waals surface area contributed by atoms with E-state index in [-0.39, 0.29) is 41.3 Å². The van der Waals surface area contributed by atoms with Crippen LogP contribution in [-0.4, -0.2) is 57.5 Å². The maximum atomic E-state index is 13.1. The number of piperidine rings is 1. The number of amides is 1. The number of carbonyl (C=O) groups is 1. The van der Waals surface area contributed by atoms with Crippen LogP contribution in [0, 0.1) is 11.7 Å². The second kappa shape index (κ2) is 10.1. The van der Waals surface area contributed by atoms with Gasteiger partial charge in [0.1, 0.15) is 5.82 Å². The fourth-order valence-electron chi connectivity index (χ4n) is 4.30. The molecule has 0 bridgehead atoms. The van der Waals surface area contributed by atoms with Gasteiger partial charge in [0.25, 0.3) is 0 Å². The number of rotatable bonds is 7. The summed E-state index contributed by atoms with van der Waals surface area (Å²) in [6, 6.07) is 11.2. The van der Waals surface area contributed by atoms with Gasteiger partial charge in [0, 0.05) is 38.6 Å². The van der Waals surface area contributed by atoms with Crippen LogP contribution in [-0.2, 0) is 31.4 Å². The third-order valence-corrected chi connectivity index (χ3v) is 10.2. The van der Waals surface area contributed by atoms with Crippen LogP contribution >= 0.6 is 0 Å². The lowest BCUT2D eigenvalue weighted by atomic mass is 9.97. The van der Waals surface area contributed by atoms with Crippen molar-refractivity contribution >= 4 is 26.0 Å². The van der Waals surface area contributed by atoms with Crippen molar-refractivity contribution in [3.05, 3.63) is 59.9 Å². The highest BCUT2D eigenvalue weighted by Gasteiger charge is 2.32. The smallest absolute Gasteiger partial charge is 0.243 e. The number of hydrogen-bond acceptors (Lipinski definition) is 5. The van der Waals surface area contributed by atoms with E-state index >= 15 is 0 Å². The van der Waals surface area contributed by atoms with E-state index < -0.39 is 25.9 Å². The molecular formula is C23H28FN3O5S2. The molecule has 0 saturated carbocycles. The Morgan fingerprint density at radius 1 is 0.794 bits per heavy atom. The highest BCUT2D eigenvalue weighted by atomic mass is 32.2. The first-order chi connectivity index (χ1) is 16.2. The maximum Gasteiger partial charge on any atom is 0.243 e. The zero-order valence-electron chi connectivity index (χ0n) is 18.7. The van der Waals surface area contributed by atoms with Gasteiger partial charge in [-0.25, -0.2) is 21.2 Å². The minimum atomic E-state index is -3.72. The number of hydrogen-bond donors (Lipinski definition) is 1. The van der Waals surface area contributed by atoms with Crippen LogP contribution in [0.5, 0.6) is 0 Å². The zero-order chi connectivity index (χ0) is 24.3. The molecule has 34 heavy (non-hydrogen) atoms. The van der Waals surface area contributed by atoms with E-state index in [9.17, 15) is 26.0 Å². The van der Waals surface area contributed by atoms with Crippen LogP contribution in [0.25, 0.3) is 0 Å². The summed E-state index contributed by atoms with van der Waals surface area (Å²) in [5, 5.41) is 2.87. The van der Waals surface area contributed by atoms with Crippen LogP contribution in [0.3, 0.4) is 0 Å². The van der Waals surface area contributed by atoms with Gasteiger partial charge in [-0.15, -0.1) is 0 Å². The van der Waals surface area contributed by atoms with Gasteiger partial charge in [-0.05, 0) is 67.6 Å². The van der Waals surface area contributed by atoms with Crippen molar-refractivity contribution in [3.63, 3.8) is 0 Å². The number of halogens is 1. The molecule has 2 fully saturated rings. The summed E-state index contributed by atoms with van der Waals surface area (Å²) in [6.07, 6.45) is 2.53. The largest absolute Gasteiger partial charge is 0.352 e. The Labute approximate surface area is 199 Å². The lowest BCUT2D eigenvalue weighted by Crippen LogP contribution is -2.42.